The molecule has 0 saturated carbocycles. The number of amides is 2. The molecule has 0 aromatic rings. The Morgan fingerprint density at radius 2 is 1.91 bits per heavy atom. The summed E-state index contributed by atoms with van der Waals surface area (Å²) < 4.78 is 0. The fourth-order valence-electron chi connectivity index (χ4n) is 2.58. The zero-order chi connectivity index (χ0) is 17.1. The molecule has 0 aromatic carbocycles. The van der Waals surface area contributed by atoms with Gasteiger partial charge in [-0.3, -0.25) is 19.3 Å². The molecule has 8 nitrogen and oxygen atoms in total. The minimum atomic E-state index is -1.14. The second-order valence-corrected chi connectivity index (χ2v) is 6.59. The van der Waals surface area contributed by atoms with Crippen LogP contribution in [0.2, 0.25) is 0 Å². The topological polar surface area (TPSA) is 124 Å². The molecule has 9 heteroatoms. The number of β-lactam (4-membered cyclic amide) rings is 1. The molecular weight excluding hydrogens is 324 g/mol. The number of carboxylic acid groups (broad SMARTS) is 2. The van der Waals surface area contributed by atoms with Crippen LogP contribution in [0.25, 0.3) is 0 Å². The molecule has 23 heavy (non-hydrogen) atoms. The molecule has 1 saturated heterocycles. The average Bonchev–Trinajstić information content (AvgIpc) is 2.48. The van der Waals surface area contributed by atoms with Gasteiger partial charge in [0, 0.05) is 18.6 Å². The Kier molecular flexibility index (Phi) is 5.30. The van der Waals surface area contributed by atoms with E-state index in [0.717, 1.165) is 0 Å². The van der Waals surface area contributed by atoms with Crippen molar-refractivity contribution in [3.63, 3.8) is 0 Å². The molecule has 2 aliphatic heterocycles. The van der Waals surface area contributed by atoms with Gasteiger partial charge in [-0.1, -0.05) is 0 Å². The molecule has 1 fully saturated rings. The van der Waals surface area contributed by atoms with Crippen molar-refractivity contribution in [2.75, 3.05) is 5.75 Å². The van der Waals surface area contributed by atoms with E-state index in [9.17, 15) is 24.3 Å². The quantitative estimate of drug-likeness (QED) is 0.451. The van der Waals surface area contributed by atoms with Gasteiger partial charge in [0.1, 0.15) is 17.1 Å². The van der Waals surface area contributed by atoms with Crippen molar-refractivity contribution >= 4 is 35.5 Å². The smallest absolute Gasteiger partial charge is 0.352 e. The van der Waals surface area contributed by atoms with Crippen molar-refractivity contribution < 1.29 is 29.4 Å². The minimum absolute atomic E-state index is 0.00528. The molecule has 2 atom stereocenters. The highest BCUT2D eigenvalue weighted by Gasteiger charge is 2.53. The third kappa shape index (κ3) is 3.66. The summed E-state index contributed by atoms with van der Waals surface area (Å²) in [5.74, 6) is -2.28. The van der Waals surface area contributed by atoms with Gasteiger partial charge in [-0.05, 0) is 25.3 Å². The third-order valence-corrected chi connectivity index (χ3v) is 5.15. The summed E-state index contributed by atoms with van der Waals surface area (Å²) >= 11 is 1.42. The highest BCUT2D eigenvalue weighted by atomic mass is 32.2. The fraction of sp³-hybridized carbons (Fsp3) is 0.571. The maximum atomic E-state index is 12.1. The molecule has 126 valence electrons. The first-order valence-corrected chi connectivity index (χ1v) is 8.26. The summed E-state index contributed by atoms with van der Waals surface area (Å²) in [6, 6.07) is -0.713. The molecule has 2 amide bonds. The number of carbonyl (C=O) groups is 4. The molecule has 0 bridgehead atoms. The number of nitrogens with one attached hydrogen (secondary N) is 1. The van der Waals surface area contributed by atoms with Gasteiger partial charge in [-0.25, -0.2) is 4.79 Å². The summed E-state index contributed by atoms with van der Waals surface area (Å²) in [6.45, 7) is 1.67. The number of fused-ring (bicyclic) bond motifs is 1. The lowest BCUT2D eigenvalue weighted by Crippen LogP contribution is -2.70. The maximum absolute atomic E-state index is 12.1. The summed E-state index contributed by atoms with van der Waals surface area (Å²) in [6.07, 6.45) is 0.986. The first kappa shape index (κ1) is 17.3. The van der Waals surface area contributed by atoms with Crippen LogP contribution in [0.3, 0.4) is 0 Å². The SMILES string of the molecule is CC1=C(C(=O)O)N2C(=O)[C@@H](NC(=O)CCCCC(=O)O)[C@H]2SC1. The van der Waals surface area contributed by atoms with Crippen LogP contribution in [0.15, 0.2) is 11.3 Å². The number of thioether (sulfide) groups is 1. The summed E-state index contributed by atoms with van der Waals surface area (Å²) in [4.78, 5) is 46.8. The molecule has 0 unspecified atom stereocenters. The Morgan fingerprint density at radius 1 is 1.26 bits per heavy atom. The van der Waals surface area contributed by atoms with Gasteiger partial charge < -0.3 is 15.5 Å². The molecular formula is C14H18N2O6S. The predicted octanol–water partition coefficient (Wildman–Crippen LogP) is 0.390. The molecule has 2 aliphatic rings. The molecule has 0 spiro atoms. The molecule has 0 aliphatic carbocycles. The van der Waals surface area contributed by atoms with E-state index in [1.165, 1.54) is 16.7 Å². The van der Waals surface area contributed by atoms with Gasteiger partial charge in [0.2, 0.25) is 5.91 Å². The van der Waals surface area contributed by atoms with E-state index in [4.69, 9.17) is 5.11 Å². The van der Waals surface area contributed by atoms with Gasteiger partial charge >= 0.3 is 11.9 Å². The summed E-state index contributed by atoms with van der Waals surface area (Å²) in [7, 11) is 0. The van der Waals surface area contributed by atoms with Crippen molar-refractivity contribution in [2.45, 2.75) is 44.0 Å². The Labute approximate surface area is 136 Å². The molecule has 2 rings (SSSR count). The van der Waals surface area contributed by atoms with Crippen LogP contribution in [-0.2, 0) is 19.2 Å². The van der Waals surface area contributed by atoms with E-state index in [2.05, 4.69) is 5.32 Å². The average molecular weight is 342 g/mol. The molecule has 0 aromatic heterocycles. The Hall–Kier alpha value is -2.03. The number of aliphatic carboxylic acids is 2. The fourth-order valence-corrected chi connectivity index (χ4v) is 3.88. The van der Waals surface area contributed by atoms with Crippen LogP contribution in [-0.4, -0.2) is 56.0 Å². The lowest BCUT2D eigenvalue weighted by molar-refractivity contribution is -0.150. The lowest BCUT2D eigenvalue weighted by Gasteiger charge is -2.49. The Bertz CT molecular complexity index is 588. The van der Waals surface area contributed by atoms with Crippen LogP contribution in [0.4, 0.5) is 0 Å². The second kappa shape index (κ2) is 7.03. The monoisotopic (exact) mass is 342 g/mol. The molecule has 2 heterocycles. The highest BCUT2D eigenvalue weighted by molar-refractivity contribution is 8.00. The molecule has 3 N–H and O–H groups in total. The van der Waals surface area contributed by atoms with Crippen LogP contribution < -0.4 is 5.32 Å². The van der Waals surface area contributed by atoms with Gasteiger partial charge in [-0.2, -0.15) is 0 Å². The Balaban J connectivity index is 1.88. The van der Waals surface area contributed by atoms with E-state index >= 15 is 0 Å². The van der Waals surface area contributed by atoms with E-state index in [0.29, 0.717) is 24.2 Å². The second-order valence-electron chi connectivity index (χ2n) is 5.49. The zero-order valence-electron chi connectivity index (χ0n) is 12.6. The first-order valence-electron chi connectivity index (χ1n) is 7.21. The summed E-state index contributed by atoms with van der Waals surface area (Å²) in [5, 5.41) is 20.0. The number of carboxylic acids is 2. The van der Waals surface area contributed by atoms with Crippen molar-refractivity contribution in [1.29, 1.82) is 0 Å². The van der Waals surface area contributed by atoms with E-state index < -0.39 is 23.9 Å². The first-order chi connectivity index (χ1) is 10.8. The van der Waals surface area contributed by atoms with E-state index in [-0.39, 0.29) is 29.8 Å². The lowest BCUT2D eigenvalue weighted by atomic mass is 10.0. The standard InChI is InChI=1S/C14H18N2O6S/c1-7-6-23-13-10(12(20)16(13)11(7)14(21)22)15-8(17)4-2-3-5-9(18)19/h10,13H,2-6H2,1H3,(H,15,17)(H,18,19)(H,21,22)/t10-,13-/m1/s1. The summed E-state index contributed by atoms with van der Waals surface area (Å²) in [5.41, 5.74) is 0.635. The van der Waals surface area contributed by atoms with Gasteiger partial charge in [-0.15, -0.1) is 11.8 Å². The number of carbonyl (C=O) groups excluding carboxylic acids is 2. The van der Waals surface area contributed by atoms with Crippen molar-refractivity contribution in [1.82, 2.24) is 10.2 Å². The van der Waals surface area contributed by atoms with Crippen molar-refractivity contribution in [3.8, 4) is 0 Å². The van der Waals surface area contributed by atoms with Crippen LogP contribution in [0, 0.1) is 0 Å². The highest BCUT2D eigenvalue weighted by Crippen LogP contribution is 2.40. The number of hydrogen-bond acceptors (Lipinski definition) is 5. The van der Waals surface area contributed by atoms with Crippen molar-refractivity contribution in [3.05, 3.63) is 11.3 Å². The normalized spacial score (nSPS) is 23.2. The van der Waals surface area contributed by atoms with E-state index in [1.54, 1.807) is 6.92 Å². The maximum Gasteiger partial charge on any atom is 0.352 e. The Morgan fingerprint density at radius 3 is 2.52 bits per heavy atom. The number of nitrogens with zero attached hydrogens (tertiary/aromatic N) is 1. The third-order valence-electron chi connectivity index (χ3n) is 3.72. The van der Waals surface area contributed by atoms with Crippen LogP contribution in [0.5, 0.6) is 0 Å². The number of unbranched alkanes of at least 4 members (excludes halogenated alkanes) is 1. The van der Waals surface area contributed by atoms with Gasteiger partial charge in [0.25, 0.3) is 5.91 Å². The largest absolute Gasteiger partial charge is 0.481 e. The van der Waals surface area contributed by atoms with Crippen LogP contribution >= 0.6 is 11.8 Å². The zero-order valence-corrected chi connectivity index (χ0v) is 13.4. The van der Waals surface area contributed by atoms with Gasteiger partial charge in [0.15, 0.2) is 0 Å². The predicted molar refractivity (Wildman–Crippen MR) is 81.5 cm³/mol. The molecule has 0 radical (unpaired) electrons. The van der Waals surface area contributed by atoms with Gasteiger partial charge in [0.05, 0.1) is 0 Å². The van der Waals surface area contributed by atoms with Crippen LogP contribution in [0.1, 0.15) is 32.6 Å². The minimum Gasteiger partial charge on any atom is -0.481 e. The number of hydrogen-bond donors (Lipinski definition) is 3. The number of rotatable bonds is 7. The van der Waals surface area contributed by atoms with Crippen molar-refractivity contribution in [2.24, 2.45) is 0 Å². The van der Waals surface area contributed by atoms with E-state index in [1.807, 2.05) is 0 Å².